The molecule has 0 aromatic carbocycles. The van der Waals surface area contributed by atoms with Crippen LogP contribution < -0.4 is 0 Å². The van der Waals surface area contributed by atoms with E-state index in [0.717, 1.165) is 13.2 Å². The zero-order valence-corrected chi connectivity index (χ0v) is 9.06. The molecule has 0 aliphatic heterocycles. The Hall–Kier alpha value is -1.82. The van der Waals surface area contributed by atoms with Crippen molar-refractivity contribution >= 4 is 5.97 Å². The summed E-state index contributed by atoms with van der Waals surface area (Å²) in [7, 11) is 1.10. The molecule has 0 saturated heterocycles. The zero-order valence-electron chi connectivity index (χ0n) is 9.06. The molecule has 0 aliphatic carbocycles. The van der Waals surface area contributed by atoms with Crippen molar-refractivity contribution in [1.29, 1.82) is 0 Å². The normalized spacial score (nSPS) is 12.3. The first-order chi connectivity index (χ1) is 7.99. The van der Waals surface area contributed by atoms with Crippen LogP contribution in [0.15, 0.2) is 30.5 Å². The summed E-state index contributed by atoms with van der Waals surface area (Å²) in [4.78, 5) is 14.7. The summed E-state index contributed by atoms with van der Waals surface area (Å²) in [5, 5.41) is 9.72. The van der Waals surface area contributed by atoms with Crippen molar-refractivity contribution in [2.24, 2.45) is 0 Å². The number of halogens is 2. The Balaban J connectivity index is 3.08. The van der Waals surface area contributed by atoms with E-state index in [9.17, 15) is 18.7 Å². The Morgan fingerprint density at radius 1 is 1.59 bits per heavy atom. The third-order valence-electron chi connectivity index (χ3n) is 2.14. The number of ether oxygens (including phenoxy) is 1. The van der Waals surface area contributed by atoms with Gasteiger partial charge < -0.3 is 9.84 Å². The molecule has 0 saturated carbocycles. The summed E-state index contributed by atoms with van der Waals surface area (Å²) >= 11 is 0. The minimum atomic E-state index is -2.79. The quantitative estimate of drug-likeness (QED) is 0.647. The maximum absolute atomic E-state index is 12.6. The molecule has 1 atom stereocenters. The first-order valence-electron chi connectivity index (χ1n) is 4.67. The standard InChI is InChI=1S/C11H11F2NO3/c1-6(11(16)17-2)9(15)8-7(10(12)13)4-3-5-14-8/h3-5,9-10,15H,1H2,2H3. The number of carbonyl (C=O) groups excluding carboxylic acids is 1. The number of aliphatic hydroxyl groups excluding tert-OH is 1. The number of alkyl halides is 2. The highest BCUT2D eigenvalue weighted by molar-refractivity contribution is 5.88. The lowest BCUT2D eigenvalue weighted by atomic mass is 10.0. The van der Waals surface area contributed by atoms with Crippen molar-refractivity contribution in [2.75, 3.05) is 7.11 Å². The summed E-state index contributed by atoms with van der Waals surface area (Å²) in [5.74, 6) is -0.872. The van der Waals surface area contributed by atoms with Gasteiger partial charge in [-0.15, -0.1) is 0 Å². The average molecular weight is 243 g/mol. The van der Waals surface area contributed by atoms with E-state index in [0.29, 0.717) is 0 Å². The van der Waals surface area contributed by atoms with Crippen LogP contribution in [0.3, 0.4) is 0 Å². The van der Waals surface area contributed by atoms with Crippen molar-refractivity contribution < 1.29 is 23.4 Å². The number of aromatic nitrogens is 1. The summed E-state index contributed by atoms with van der Waals surface area (Å²) < 4.78 is 29.6. The van der Waals surface area contributed by atoms with Gasteiger partial charge in [-0.25, -0.2) is 13.6 Å². The molecule has 0 radical (unpaired) electrons. The highest BCUT2D eigenvalue weighted by Gasteiger charge is 2.25. The second kappa shape index (κ2) is 5.49. The van der Waals surface area contributed by atoms with Gasteiger partial charge in [-0.05, 0) is 12.1 Å². The fourth-order valence-corrected chi connectivity index (χ4v) is 1.25. The lowest BCUT2D eigenvalue weighted by Crippen LogP contribution is -2.15. The van der Waals surface area contributed by atoms with E-state index < -0.39 is 24.1 Å². The van der Waals surface area contributed by atoms with Gasteiger partial charge in [0.1, 0.15) is 6.10 Å². The lowest BCUT2D eigenvalue weighted by molar-refractivity contribution is -0.137. The van der Waals surface area contributed by atoms with Gasteiger partial charge in [0.15, 0.2) is 0 Å². The Morgan fingerprint density at radius 3 is 2.76 bits per heavy atom. The van der Waals surface area contributed by atoms with Crippen LogP contribution in [0, 0.1) is 0 Å². The van der Waals surface area contributed by atoms with Gasteiger partial charge in [-0.1, -0.05) is 6.58 Å². The predicted molar refractivity (Wildman–Crippen MR) is 55.3 cm³/mol. The molecule has 17 heavy (non-hydrogen) atoms. The van der Waals surface area contributed by atoms with E-state index in [-0.39, 0.29) is 11.3 Å². The number of rotatable bonds is 4. The molecular formula is C11H11F2NO3. The Morgan fingerprint density at radius 2 is 2.24 bits per heavy atom. The highest BCUT2D eigenvalue weighted by Crippen LogP contribution is 2.28. The first-order valence-corrected chi connectivity index (χ1v) is 4.67. The van der Waals surface area contributed by atoms with Crippen LogP contribution in [0.5, 0.6) is 0 Å². The monoisotopic (exact) mass is 243 g/mol. The van der Waals surface area contributed by atoms with Crippen LogP contribution in [0.25, 0.3) is 0 Å². The van der Waals surface area contributed by atoms with Crippen molar-refractivity contribution in [3.63, 3.8) is 0 Å². The van der Waals surface area contributed by atoms with Crippen molar-refractivity contribution in [3.8, 4) is 0 Å². The molecule has 1 N–H and O–H groups in total. The third kappa shape index (κ3) is 2.85. The van der Waals surface area contributed by atoms with Crippen LogP contribution in [0.4, 0.5) is 8.78 Å². The van der Waals surface area contributed by atoms with Gasteiger partial charge in [0.05, 0.1) is 18.4 Å². The Labute approximate surface area is 96.6 Å². The van der Waals surface area contributed by atoms with Crippen LogP contribution in [-0.2, 0) is 9.53 Å². The second-order valence-electron chi connectivity index (χ2n) is 3.20. The summed E-state index contributed by atoms with van der Waals surface area (Å²) in [6.45, 7) is 3.29. The van der Waals surface area contributed by atoms with E-state index in [1.165, 1.54) is 12.3 Å². The zero-order chi connectivity index (χ0) is 13.0. The minimum absolute atomic E-state index is 0.294. The molecule has 0 bridgehead atoms. The van der Waals surface area contributed by atoms with Crippen molar-refractivity contribution in [1.82, 2.24) is 4.98 Å². The van der Waals surface area contributed by atoms with E-state index in [4.69, 9.17) is 0 Å². The largest absolute Gasteiger partial charge is 0.466 e. The molecule has 4 nitrogen and oxygen atoms in total. The number of pyridine rings is 1. The summed E-state index contributed by atoms with van der Waals surface area (Å²) in [6, 6.07) is 2.44. The maximum atomic E-state index is 12.6. The minimum Gasteiger partial charge on any atom is -0.466 e. The van der Waals surface area contributed by atoms with Gasteiger partial charge in [0, 0.05) is 11.8 Å². The van der Waals surface area contributed by atoms with Gasteiger partial charge in [0.2, 0.25) is 0 Å². The highest BCUT2D eigenvalue weighted by atomic mass is 19.3. The number of carbonyl (C=O) groups is 1. The molecule has 92 valence electrons. The van der Waals surface area contributed by atoms with Crippen LogP contribution in [0.2, 0.25) is 0 Å². The van der Waals surface area contributed by atoms with Gasteiger partial charge in [-0.3, -0.25) is 4.98 Å². The number of nitrogens with zero attached hydrogens (tertiary/aromatic N) is 1. The molecule has 1 aromatic rings. The second-order valence-corrected chi connectivity index (χ2v) is 3.20. The van der Waals surface area contributed by atoms with Crippen LogP contribution in [-0.4, -0.2) is 23.2 Å². The number of hydrogen-bond acceptors (Lipinski definition) is 4. The van der Waals surface area contributed by atoms with Gasteiger partial charge >= 0.3 is 5.97 Å². The van der Waals surface area contributed by atoms with Gasteiger partial charge in [-0.2, -0.15) is 0 Å². The lowest BCUT2D eigenvalue weighted by Gasteiger charge is -2.14. The third-order valence-corrected chi connectivity index (χ3v) is 2.14. The van der Waals surface area contributed by atoms with Crippen molar-refractivity contribution in [3.05, 3.63) is 41.7 Å². The molecule has 0 amide bonds. The fraction of sp³-hybridized carbons (Fsp3) is 0.273. The van der Waals surface area contributed by atoms with Crippen LogP contribution >= 0.6 is 0 Å². The number of hydrogen-bond donors (Lipinski definition) is 1. The number of esters is 1. The molecule has 1 rings (SSSR count). The molecule has 6 heteroatoms. The van der Waals surface area contributed by atoms with E-state index in [1.54, 1.807) is 0 Å². The first kappa shape index (κ1) is 13.2. The van der Waals surface area contributed by atoms with Crippen molar-refractivity contribution in [2.45, 2.75) is 12.5 Å². The average Bonchev–Trinajstić information content (AvgIpc) is 2.35. The Bertz CT molecular complexity index is 434. The molecule has 0 fully saturated rings. The summed E-state index contributed by atoms with van der Waals surface area (Å²) in [6.07, 6.45) is -3.15. The number of aliphatic hydroxyl groups is 1. The molecule has 1 unspecified atom stereocenters. The molecule has 0 spiro atoms. The molecular weight excluding hydrogens is 232 g/mol. The summed E-state index contributed by atoms with van der Waals surface area (Å²) in [5.41, 5.74) is -1.07. The number of methoxy groups -OCH3 is 1. The van der Waals surface area contributed by atoms with E-state index in [2.05, 4.69) is 16.3 Å². The van der Waals surface area contributed by atoms with E-state index in [1.807, 2.05) is 0 Å². The molecule has 1 aromatic heterocycles. The predicted octanol–water partition coefficient (Wildman–Crippen LogP) is 1.78. The van der Waals surface area contributed by atoms with Gasteiger partial charge in [0.25, 0.3) is 6.43 Å². The molecule has 1 heterocycles. The smallest absolute Gasteiger partial charge is 0.336 e. The Kier molecular flexibility index (Phi) is 4.28. The van der Waals surface area contributed by atoms with E-state index >= 15 is 0 Å². The molecule has 0 aliphatic rings. The fourth-order valence-electron chi connectivity index (χ4n) is 1.25. The van der Waals surface area contributed by atoms with Crippen LogP contribution in [0.1, 0.15) is 23.8 Å². The SMILES string of the molecule is C=C(C(=O)OC)C(O)c1ncccc1C(F)F. The maximum Gasteiger partial charge on any atom is 0.336 e. The topological polar surface area (TPSA) is 59.4 Å².